The molecule has 1 aromatic carbocycles. The minimum absolute atomic E-state index is 0.00318. The molecule has 4 heterocycles. The molecule has 3 N–H and O–H groups in total. The Labute approximate surface area is 166 Å². The Morgan fingerprint density at radius 3 is 3.03 bits per heavy atom. The van der Waals surface area contributed by atoms with E-state index in [0.717, 1.165) is 17.0 Å². The monoisotopic (exact) mass is 396 g/mol. The van der Waals surface area contributed by atoms with Crippen molar-refractivity contribution in [2.45, 2.75) is 6.10 Å². The summed E-state index contributed by atoms with van der Waals surface area (Å²) < 4.78 is 21.8. The molecule has 1 atom stereocenters. The van der Waals surface area contributed by atoms with Crippen LogP contribution in [0.25, 0.3) is 11.4 Å². The minimum atomic E-state index is -0.00318. The van der Waals surface area contributed by atoms with Crippen molar-refractivity contribution in [3.05, 3.63) is 36.5 Å². The first kappa shape index (κ1) is 17.7. The molecule has 1 unspecified atom stereocenters. The van der Waals surface area contributed by atoms with Crippen LogP contribution in [0.3, 0.4) is 0 Å². The van der Waals surface area contributed by atoms with Crippen LogP contribution in [0.4, 0.5) is 17.5 Å². The number of aromatic nitrogens is 4. The molecular formula is C19H20N6O4. The summed E-state index contributed by atoms with van der Waals surface area (Å²) >= 11 is 0. The topological polar surface area (TPSA) is 115 Å². The second-order valence-corrected chi connectivity index (χ2v) is 6.55. The molecule has 10 nitrogen and oxygen atoms in total. The summed E-state index contributed by atoms with van der Waals surface area (Å²) in [5.74, 6) is 3.16. The van der Waals surface area contributed by atoms with Gasteiger partial charge in [-0.05, 0) is 24.3 Å². The lowest BCUT2D eigenvalue weighted by Gasteiger charge is -2.23. The van der Waals surface area contributed by atoms with Crippen molar-refractivity contribution in [3.63, 3.8) is 0 Å². The van der Waals surface area contributed by atoms with Crippen LogP contribution >= 0.6 is 0 Å². The van der Waals surface area contributed by atoms with E-state index in [1.807, 2.05) is 30.3 Å². The predicted molar refractivity (Wildman–Crippen MR) is 105 cm³/mol. The minimum Gasteiger partial charge on any atom is -0.454 e. The Bertz CT molecular complexity index is 988. The number of rotatable bonds is 6. The maximum absolute atomic E-state index is 5.67. The number of fused-ring (bicyclic) bond motifs is 1. The number of anilines is 3. The Kier molecular flexibility index (Phi) is 4.85. The van der Waals surface area contributed by atoms with Crippen molar-refractivity contribution in [3.8, 4) is 22.9 Å². The average molecular weight is 396 g/mol. The van der Waals surface area contributed by atoms with Crippen molar-refractivity contribution >= 4 is 17.5 Å². The molecule has 0 bridgehead atoms. The van der Waals surface area contributed by atoms with Crippen LogP contribution in [0.2, 0.25) is 0 Å². The van der Waals surface area contributed by atoms with Gasteiger partial charge in [-0.2, -0.15) is 4.98 Å². The van der Waals surface area contributed by atoms with Crippen molar-refractivity contribution in [2.24, 2.45) is 0 Å². The largest absolute Gasteiger partial charge is 0.454 e. The molecule has 0 saturated carbocycles. The van der Waals surface area contributed by atoms with Gasteiger partial charge in [0.2, 0.25) is 12.7 Å². The normalized spacial score (nSPS) is 17.9. The molecule has 5 rings (SSSR count). The molecule has 2 aliphatic rings. The molecule has 2 aromatic heterocycles. The zero-order chi connectivity index (χ0) is 19.5. The SMILES string of the molecule is c1cnc(NCC2COCCO2)c(-c2nc(Nc3ccc4c(c3)OCO4)n[nH]2)c1. The van der Waals surface area contributed by atoms with E-state index in [0.29, 0.717) is 49.7 Å². The highest BCUT2D eigenvalue weighted by atomic mass is 16.7. The number of hydrogen-bond donors (Lipinski definition) is 3. The molecule has 150 valence electrons. The first-order valence-corrected chi connectivity index (χ1v) is 9.33. The van der Waals surface area contributed by atoms with Gasteiger partial charge in [0.15, 0.2) is 17.3 Å². The Morgan fingerprint density at radius 1 is 1.14 bits per heavy atom. The van der Waals surface area contributed by atoms with E-state index in [1.165, 1.54) is 0 Å². The molecular weight excluding hydrogens is 376 g/mol. The first-order valence-electron chi connectivity index (χ1n) is 9.33. The van der Waals surface area contributed by atoms with Gasteiger partial charge >= 0.3 is 0 Å². The zero-order valence-electron chi connectivity index (χ0n) is 15.6. The van der Waals surface area contributed by atoms with Gasteiger partial charge < -0.3 is 29.6 Å². The molecule has 3 aromatic rings. The van der Waals surface area contributed by atoms with E-state index >= 15 is 0 Å². The quantitative estimate of drug-likeness (QED) is 0.576. The van der Waals surface area contributed by atoms with E-state index in [-0.39, 0.29) is 12.9 Å². The fourth-order valence-corrected chi connectivity index (χ4v) is 3.14. The number of benzene rings is 1. The molecule has 0 aliphatic carbocycles. The molecule has 1 saturated heterocycles. The van der Waals surface area contributed by atoms with Crippen molar-refractivity contribution in [1.82, 2.24) is 20.2 Å². The number of H-pyrrole nitrogens is 1. The van der Waals surface area contributed by atoms with E-state index < -0.39 is 0 Å². The van der Waals surface area contributed by atoms with Crippen LogP contribution in [0, 0.1) is 0 Å². The van der Waals surface area contributed by atoms with Gasteiger partial charge in [0.1, 0.15) is 5.82 Å². The van der Waals surface area contributed by atoms with Crippen molar-refractivity contribution in [2.75, 3.05) is 43.8 Å². The number of ether oxygens (including phenoxy) is 4. The van der Waals surface area contributed by atoms with E-state index in [2.05, 4.69) is 30.8 Å². The molecule has 0 amide bonds. The van der Waals surface area contributed by atoms with Gasteiger partial charge in [-0.15, -0.1) is 5.10 Å². The standard InChI is InChI=1S/C19H20N6O4/c1-2-14(17(20-5-1)21-9-13-10-26-6-7-27-13)18-23-19(25-24-18)22-12-3-4-15-16(8-12)29-11-28-15/h1-5,8,13H,6-7,9-11H2,(H,20,21)(H2,22,23,24,25). The highest BCUT2D eigenvalue weighted by molar-refractivity contribution is 5.71. The third-order valence-electron chi connectivity index (χ3n) is 4.56. The van der Waals surface area contributed by atoms with Crippen LogP contribution in [0.5, 0.6) is 11.5 Å². The van der Waals surface area contributed by atoms with Crippen molar-refractivity contribution < 1.29 is 18.9 Å². The third-order valence-corrected chi connectivity index (χ3v) is 4.56. The van der Waals surface area contributed by atoms with Gasteiger partial charge in [0.05, 0.1) is 31.5 Å². The first-order chi connectivity index (χ1) is 14.3. The summed E-state index contributed by atoms with van der Waals surface area (Å²) in [5.41, 5.74) is 1.62. The summed E-state index contributed by atoms with van der Waals surface area (Å²) in [6.45, 7) is 2.65. The number of nitrogens with zero attached hydrogens (tertiary/aromatic N) is 3. The summed E-state index contributed by atoms with van der Waals surface area (Å²) in [5, 5.41) is 13.7. The van der Waals surface area contributed by atoms with Crippen LogP contribution in [0.15, 0.2) is 36.5 Å². The molecule has 29 heavy (non-hydrogen) atoms. The number of nitrogens with one attached hydrogen (secondary N) is 3. The van der Waals surface area contributed by atoms with Gasteiger partial charge in [-0.3, -0.25) is 5.10 Å². The van der Waals surface area contributed by atoms with Crippen LogP contribution in [-0.4, -0.2) is 59.4 Å². The Morgan fingerprint density at radius 2 is 2.10 bits per heavy atom. The van der Waals surface area contributed by atoms with Gasteiger partial charge in [0.25, 0.3) is 0 Å². The van der Waals surface area contributed by atoms with E-state index in [4.69, 9.17) is 18.9 Å². The zero-order valence-corrected chi connectivity index (χ0v) is 15.6. The highest BCUT2D eigenvalue weighted by Crippen LogP contribution is 2.35. The fraction of sp³-hybridized carbons (Fsp3) is 0.316. The molecule has 2 aliphatic heterocycles. The maximum atomic E-state index is 5.67. The predicted octanol–water partition coefficient (Wildman–Crippen LogP) is 2.17. The lowest BCUT2D eigenvalue weighted by atomic mass is 10.2. The second-order valence-electron chi connectivity index (χ2n) is 6.55. The highest BCUT2D eigenvalue weighted by Gasteiger charge is 2.17. The fourth-order valence-electron chi connectivity index (χ4n) is 3.14. The summed E-state index contributed by atoms with van der Waals surface area (Å²) in [4.78, 5) is 8.96. The lowest BCUT2D eigenvalue weighted by Crippen LogP contribution is -2.34. The van der Waals surface area contributed by atoms with Crippen LogP contribution < -0.4 is 20.1 Å². The van der Waals surface area contributed by atoms with E-state index in [1.54, 1.807) is 6.20 Å². The molecule has 1 fully saturated rings. The van der Waals surface area contributed by atoms with Gasteiger partial charge in [-0.1, -0.05) is 0 Å². The van der Waals surface area contributed by atoms with E-state index in [9.17, 15) is 0 Å². The number of aromatic amines is 1. The smallest absolute Gasteiger partial charge is 0.246 e. The van der Waals surface area contributed by atoms with Gasteiger partial charge in [-0.25, -0.2) is 4.98 Å². The van der Waals surface area contributed by atoms with Gasteiger partial charge in [0, 0.05) is 24.5 Å². The van der Waals surface area contributed by atoms with Crippen LogP contribution in [-0.2, 0) is 9.47 Å². The Hall–Kier alpha value is -3.37. The molecule has 0 spiro atoms. The summed E-state index contributed by atoms with van der Waals surface area (Å²) in [7, 11) is 0. The molecule has 10 heteroatoms. The summed E-state index contributed by atoms with van der Waals surface area (Å²) in [6.07, 6.45) is 1.73. The number of pyridine rings is 1. The maximum Gasteiger partial charge on any atom is 0.246 e. The van der Waals surface area contributed by atoms with Crippen molar-refractivity contribution in [1.29, 1.82) is 0 Å². The lowest BCUT2D eigenvalue weighted by molar-refractivity contribution is -0.0819. The second kappa shape index (κ2) is 7.94. The average Bonchev–Trinajstić information content (AvgIpc) is 3.42. The summed E-state index contributed by atoms with van der Waals surface area (Å²) in [6, 6.07) is 9.36. The number of hydrogen-bond acceptors (Lipinski definition) is 9. The third kappa shape index (κ3) is 3.93. The molecule has 0 radical (unpaired) electrons. The van der Waals surface area contributed by atoms with Crippen LogP contribution in [0.1, 0.15) is 0 Å². The Balaban J connectivity index is 1.30.